The standard InChI is InChI=1S/C27H39N5O/c1-28-27(30-20-26(32-15-5-6-16-32)24-7-3-2-4-8-24)29-19-22-9-11-23(12-10-22)21-31-17-13-25(33)14-18-31/h2-4,7-12,25-26,33H,5-6,13-21H2,1H3,(H2,28,29,30). The smallest absolute Gasteiger partial charge is 0.191 e. The van der Waals surface area contributed by atoms with Gasteiger partial charge in [0.25, 0.3) is 0 Å². The lowest BCUT2D eigenvalue weighted by molar-refractivity contribution is 0.0792. The minimum atomic E-state index is -0.115. The van der Waals surface area contributed by atoms with Gasteiger partial charge in [-0.1, -0.05) is 54.6 Å². The molecule has 2 aromatic rings. The van der Waals surface area contributed by atoms with Gasteiger partial charge >= 0.3 is 0 Å². The van der Waals surface area contributed by atoms with E-state index in [1.54, 1.807) is 0 Å². The van der Waals surface area contributed by atoms with Crippen LogP contribution in [-0.4, -0.2) is 66.7 Å². The zero-order valence-corrected chi connectivity index (χ0v) is 19.9. The number of guanidine groups is 1. The van der Waals surface area contributed by atoms with Crippen LogP contribution in [0.3, 0.4) is 0 Å². The number of hydrogen-bond donors (Lipinski definition) is 3. The van der Waals surface area contributed by atoms with Crippen LogP contribution in [0.5, 0.6) is 0 Å². The summed E-state index contributed by atoms with van der Waals surface area (Å²) >= 11 is 0. The van der Waals surface area contributed by atoms with Crippen LogP contribution in [0.15, 0.2) is 59.6 Å². The minimum absolute atomic E-state index is 0.115. The molecule has 0 radical (unpaired) electrons. The molecule has 0 amide bonds. The molecule has 2 aliphatic heterocycles. The summed E-state index contributed by atoms with van der Waals surface area (Å²) in [5.74, 6) is 0.839. The third-order valence-electron chi connectivity index (χ3n) is 6.90. The van der Waals surface area contributed by atoms with Crippen LogP contribution >= 0.6 is 0 Å². The first-order valence-electron chi connectivity index (χ1n) is 12.4. The van der Waals surface area contributed by atoms with Gasteiger partial charge in [-0.3, -0.25) is 14.8 Å². The molecule has 4 rings (SSSR count). The Morgan fingerprint density at radius 1 is 0.939 bits per heavy atom. The Hall–Kier alpha value is -2.41. The quantitative estimate of drug-likeness (QED) is 0.427. The van der Waals surface area contributed by atoms with E-state index in [9.17, 15) is 5.11 Å². The van der Waals surface area contributed by atoms with E-state index >= 15 is 0 Å². The Morgan fingerprint density at radius 3 is 2.27 bits per heavy atom. The molecule has 2 saturated heterocycles. The lowest BCUT2D eigenvalue weighted by atomic mass is 10.1. The predicted octanol–water partition coefficient (Wildman–Crippen LogP) is 3.15. The van der Waals surface area contributed by atoms with Crippen LogP contribution in [0.25, 0.3) is 0 Å². The van der Waals surface area contributed by atoms with Crippen molar-refractivity contribution in [2.45, 2.75) is 50.9 Å². The SMILES string of the molecule is CN=C(NCc1ccc(CN2CCC(O)CC2)cc1)NCC(c1ccccc1)N1CCCC1. The van der Waals surface area contributed by atoms with E-state index in [1.165, 1.54) is 29.5 Å². The molecule has 0 saturated carbocycles. The molecular formula is C27H39N5O. The molecule has 2 heterocycles. The Balaban J connectivity index is 1.26. The zero-order chi connectivity index (χ0) is 22.9. The molecule has 0 bridgehead atoms. The monoisotopic (exact) mass is 449 g/mol. The highest BCUT2D eigenvalue weighted by Gasteiger charge is 2.23. The fraction of sp³-hybridized carbons (Fsp3) is 0.519. The molecule has 0 aromatic heterocycles. The maximum Gasteiger partial charge on any atom is 0.191 e. The first kappa shape index (κ1) is 23.7. The number of piperidine rings is 1. The molecule has 2 aliphatic rings. The fourth-order valence-corrected chi connectivity index (χ4v) is 4.88. The summed E-state index contributed by atoms with van der Waals surface area (Å²) < 4.78 is 0. The van der Waals surface area contributed by atoms with E-state index < -0.39 is 0 Å². The number of rotatable bonds is 8. The van der Waals surface area contributed by atoms with Crippen molar-refractivity contribution < 1.29 is 5.11 Å². The van der Waals surface area contributed by atoms with E-state index in [4.69, 9.17) is 0 Å². The van der Waals surface area contributed by atoms with Crippen molar-refractivity contribution >= 4 is 5.96 Å². The summed E-state index contributed by atoms with van der Waals surface area (Å²) in [6, 6.07) is 20.0. The molecule has 178 valence electrons. The third kappa shape index (κ3) is 7.03. The number of aliphatic imine (C=N–C) groups is 1. The van der Waals surface area contributed by atoms with Crippen LogP contribution in [0, 0.1) is 0 Å². The number of nitrogens with zero attached hydrogens (tertiary/aromatic N) is 3. The van der Waals surface area contributed by atoms with Crippen molar-refractivity contribution in [2.75, 3.05) is 39.8 Å². The molecule has 33 heavy (non-hydrogen) atoms. The molecule has 1 atom stereocenters. The maximum atomic E-state index is 9.68. The van der Waals surface area contributed by atoms with Crippen molar-refractivity contribution in [1.82, 2.24) is 20.4 Å². The van der Waals surface area contributed by atoms with Gasteiger partial charge < -0.3 is 15.7 Å². The summed E-state index contributed by atoms with van der Waals surface area (Å²) in [7, 11) is 1.83. The second-order valence-electron chi connectivity index (χ2n) is 9.30. The molecule has 6 heteroatoms. The molecule has 0 spiro atoms. The molecular weight excluding hydrogens is 410 g/mol. The summed E-state index contributed by atoms with van der Waals surface area (Å²) in [6.45, 7) is 6.83. The van der Waals surface area contributed by atoms with E-state index in [0.717, 1.165) is 64.6 Å². The topological polar surface area (TPSA) is 63.1 Å². The van der Waals surface area contributed by atoms with Gasteiger partial charge in [0.05, 0.1) is 12.1 Å². The fourth-order valence-electron chi connectivity index (χ4n) is 4.88. The number of likely N-dealkylation sites (tertiary alicyclic amines) is 2. The summed E-state index contributed by atoms with van der Waals surface area (Å²) in [5, 5.41) is 16.7. The van der Waals surface area contributed by atoms with Crippen LogP contribution in [0.2, 0.25) is 0 Å². The molecule has 0 aliphatic carbocycles. The number of aliphatic hydroxyl groups excluding tert-OH is 1. The summed E-state index contributed by atoms with van der Waals surface area (Å²) in [6.07, 6.45) is 4.22. The van der Waals surface area contributed by atoms with E-state index in [-0.39, 0.29) is 6.10 Å². The third-order valence-corrected chi connectivity index (χ3v) is 6.90. The zero-order valence-electron chi connectivity index (χ0n) is 19.9. The van der Waals surface area contributed by atoms with Crippen molar-refractivity contribution in [3.8, 4) is 0 Å². The normalized spacial score (nSPS) is 19.5. The van der Waals surface area contributed by atoms with Gasteiger partial charge in [0.2, 0.25) is 0 Å². The van der Waals surface area contributed by atoms with Gasteiger partial charge in [0.1, 0.15) is 0 Å². The Kier molecular flexibility index (Phi) is 8.75. The minimum Gasteiger partial charge on any atom is -0.393 e. The largest absolute Gasteiger partial charge is 0.393 e. The number of aliphatic hydroxyl groups is 1. The number of benzene rings is 2. The molecule has 6 nitrogen and oxygen atoms in total. The summed E-state index contributed by atoms with van der Waals surface area (Å²) in [4.78, 5) is 9.45. The van der Waals surface area contributed by atoms with Crippen LogP contribution in [0.4, 0.5) is 0 Å². The number of hydrogen-bond acceptors (Lipinski definition) is 4. The van der Waals surface area contributed by atoms with Gasteiger partial charge in [0, 0.05) is 39.8 Å². The van der Waals surface area contributed by atoms with E-state index in [0.29, 0.717) is 6.04 Å². The highest BCUT2D eigenvalue weighted by molar-refractivity contribution is 5.79. The molecule has 3 N–H and O–H groups in total. The first-order valence-corrected chi connectivity index (χ1v) is 12.4. The predicted molar refractivity (Wildman–Crippen MR) is 135 cm³/mol. The van der Waals surface area contributed by atoms with Crippen molar-refractivity contribution in [1.29, 1.82) is 0 Å². The average molecular weight is 450 g/mol. The Bertz CT molecular complexity index is 856. The van der Waals surface area contributed by atoms with Crippen LogP contribution in [-0.2, 0) is 13.1 Å². The van der Waals surface area contributed by atoms with Gasteiger partial charge in [-0.25, -0.2) is 0 Å². The maximum absolute atomic E-state index is 9.68. The van der Waals surface area contributed by atoms with Crippen molar-refractivity contribution in [2.24, 2.45) is 4.99 Å². The van der Waals surface area contributed by atoms with Gasteiger partial charge in [0.15, 0.2) is 5.96 Å². The Morgan fingerprint density at radius 2 is 1.61 bits per heavy atom. The lowest BCUT2D eigenvalue weighted by Crippen LogP contribution is -2.42. The Labute approximate surface area is 198 Å². The highest BCUT2D eigenvalue weighted by Crippen LogP contribution is 2.24. The van der Waals surface area contributed by atoms with Crippen molar-refractivity contribution in [3.05, 3.63) is 71.3 Å². The number of nitrogens with one attached hydrogen (secondary N) is 2. The molecule has 1 unspecified atom stereocenters. The molecule has 2 aromatic carbocycles. The van der Waals surface area contributed by atoms with Gasteiger partial charge in [-0.2, -0.15) is 0 Å². The lowest BCUT2D eigenvalue weighted by Gasteiger charge is -2.29. The van der Waals surface area contributed by atoms with E-state index in [1.807, 2.05) is 7.05 Å². The highest BCUT2D eigenvalue weighted by atomic mass is 16.3. The average Bonchev–Trinajstić information content (AvgIpc) is 3.39. The van der Waals surface area contributed by atoms with Gasteiger partial charge in [-0.05, 0) is 55.5 Å². The van der Waals surface area contributed by atoms with Crippen LogP contribution in [0.1, 0.15) is 48.4 Å². The van der Waals surface area contributed by atoms with E-state index in [2.05, 4.69) is 80.0 Å². The second-order valence-corrected chi connectivity index (χ2v) is 9.30. The first-order chi connectivity index (χ1) is 16.2. The van der Waals surface area contributed by atoms with Gasteiger partial charge in [-0.15, -0.1) is 0 Å². The van der Waals surface area contributed by atoms with Crippen LogP contribution < -0.4 is 10.6 Å². The summed E-state index contributed by atoms with van der Waals surface area (Å²) in [5.41, 5.74) is 3.94. The second kappa shape index (κ2) is 12.2. The van der Waals surface area contributed by atoms with Crippen molar-refractivity contribution in [3.63, 3.8) is 0 Å². The molecule has 2 fully saturated rings.